The molecule has 0 aliphatic rings. The molecule has 1 heterocycles. The summed E-state index contributed by atoms with van der Waals surface area (Å²) in [6, 6.07) is 14.0. The van der Waals surface area contributed by atoms with E-state index in [-0.39, 0.29) is 17.1 Å². The van der Waals surface area contributed by atoms with Gasteiger partial charge in [0.15, 0.2) is 5.13 Å². The van der Waals surface area contributed by atoms with E-state index in [9.17, 15) is 23.2 Å². The lowest BCUT2D eigenvalue weighted by Crippen LogP contribution is -2.13. The number of nitriles is 1. The van der Waals surface area contributed by atoms with Gasteiger partial charge in [-0.1, -0.05) is 43.3 Å². The standard InChI is InChI=1S/C24H20F3N3O2S/c1-2-10-32-21-9-4-3-7-17(21)13-18(14-28)22(31)30-23-29-15-20(33-23)12-16-6-5-8-19(11-16)24(25,26)27/h3-9,11,13,15H,2,10,12H2,1H3,(H,29,30,31)/b18-13-. The van der Waals surface area contributed by atoms with Crippen molar-refractivity contribution in [2.45, 2.75) is 25.9 Å². The van der Waals surface area contributed by atoms with Crippen molar-refractivity contribution in [3.05, 3.63) is 81.9 Å². The monoisotopic (exact) mass is 471 g/mol. The second-order valence-corrected chi connectivity index (χ2v) is 8.13. The number of carbonyl (C=O) groups excluding carboxylic acids is 1. The summed E-state index contributed by atoms with van der Waals surface area (Å²) in [6.07, 6.45) is -0.429. The third-order valence-electron chi connectivity index (χ3n) is 4.45. The van der Waals surface area contributed by atoms with E-state index in [0.717, 1.165) is 29.9 Å². The summed E-state index contributed by atoms with van der Waals surface area (Å²) < 4.78 is 44.4. The van der Waals surface area contributed by atoms with Gasteiger partial charge < -0.3 is 4.74 Å². The van der Waals surface area contributed by atoms with Gasteiger partial charge in [0.1, 0.15) is 17.4 Å². The average molecular weight is 472 g/mol. The molecular formula is C24H20F3N3O2S. The molecule has 0 radical (unpaired) electrons. The fraction of sp³-hybridized carbons (Fsp3) is 0.208. The number of aromatic nitrogens is 1. The first-order valence-corrected chi connectivity index (χ1v) is 10.9. The summed E-state index contributed by atoms with van der Waals surface area (Å²) >= 11 is 1.13. The summed E-state index contributed by atoms with van der Waals surface area (Å²) in [6.45, 7) is 2.48. The molecule has 0 aliphatic heterocycles. The Balaban J connectivity index is 1.71. The Morgan fingerprint density at radius 2 is 2.03 bits per heavy atom. The van der Waals surface area contributed by atoms with E-state index >= 15 is 0 Å². The van der Waals surface area contributed by atoms with E-state index in [2.05, 4.69) is 10.3 Å². The smallest absolute Gasteiger partial charge is 0.416 e. The molecule has 33 heavy (non-hydrogen) atoms. The van der Waals surface area contributed by atoms with Gasteiger partial charge in [-0.3, -0.25) is 10.1 Å². The number of rotatable bonds is 8. The number of alkyl halides is 3. The average Bonchev–Trinajstić information content (AvgIpc) is 3.22. The van der Waals surface area contributed by atoms with Crippen molar-refractivity contribution >= 4 is 28.5 Å². The number of ether oxygens (including phenoxy) is 1. The second-order valence-electron chi connectivity index (χ2n) is 7.02. The third kappa shape index (κ3) is 6.67. The molecule has 1 amide bonds. The zero-order valence-electron chi connectivity index (χ0n) is 17.6. The van der Waals surface area contributed by atoms with Crippen LogP contribution >= 0.6 is 11.3 Å². The molecule has 0 saturated heterocycles. The normalized spacial score (nSPS) is 11.7. The Morgan fingerprint density at radius 1 is 1.24 bits per heavy atom. The molecule has 1 N–H and O–H groups in total. The van der Waals surface area contributed by atoms with Gasteiger partial charge in [0.25, 0.3) is 5.91 Å². The highest BCUT2D eigenvalue weighted by Gasteiger charge is 2.30. The lowest BCUT2D eigenvalue weighted by molar-refractivity contribution is -0.137. The topological polar surface area (TPSA) is 75.0 Å². The molecule has 1 aromatic heterocycles. The number of amides is 1. The van der Waals surface area contributed by atoms with Crippen LogP contribution in [0.3, 0.4) is 0 Å². The molecule has 0 atom stereocenters. The van der Waals surface area contributed by atoms with Gasteiger partial charge >= 0.3 is 6.18 Å². The molecule has 0 unspecified atom stereocenters. The maximum Gasteiger partial charge on any atom is 0.416 e. The fourth-order valence-electron chi connectivity index (χ4n) is 2.92. The van der Waals surface area contributed by atoms with E-state index in [0.29, 0.717) is 28.4 Å². The SMILES string of the molecule is CCCOc1ccccc1/C=C(/C#N)C(=O)Nc1ncc(Cc2cccc(C(F)(F)F)c2)s1. The number of nitrogens with zero attached hydrogens (tertiary/aromatic N) is 2. The number of hydrogen-bond acceptors (Lipinski definition) is 5. The Hall–Kier alpha value is -3.64. The number of thiazole rings is 1. The van der Waals surface area contributed by atoms with Gasteiger partial charge in [-0.05, 0) is 30.2 Å². The first kappa shape index (κ1) is 24.0. The molecule has 9 heteroatoms. The van der Waals surface area contributed by atoms with Crippen LogP contribution in [-0.4, -0.2) is 17.5 Å². The van der Waals surface area contributed by atoms with Crippen molar-refractivity contribution in [3.63, 3.8) is 0 Å². The molecule has 0 aliphatic carbocycles. The number of hydrogen-bond donors (Lipinski definition) is 1. The van der Waals surface area contributed by atoms with Crippen LogP contribution < -0.4 is 10.1 Å². The van der Waals surface area contributed by atoms with Gasteiger partial charge in [-0.2, -0.15) is 18.4 Å². The van der Waals surface area contributed by atoms with E-state index in [4.69, 9.17) is 4.74 Å². The van der Waals surface area contributed by atoms with E-state index < -0.39 is 17.6 Å². The highest BCUT2D eigenvalue weighted by atomic mass is 32.1. The van der Waals surface area contributed by atoms with Gasteiger partial charge in [0, 0.05) is 23.1 Å². The predicted octanol–water partition coefficient (Wildman–Crippen LogP) is 6.09. The minimum absolute atomic E-state index is 0.128. The first-order chi connectivity index (χ1) is 15.8. The van der Waals surface area contributed by atoms with Crippen LogP contribution in [0, 0.1) is 11.3 Å². The Morgan fingerprint density at radius 3 is 2.76 bits per heavy atom. The van der Waals surface area contributed by atoms with E-state index in [1.54, 1.807) is 30.3 Å². The molecule has 0 saturated carbocycles. The minimum Gasteiger partial charge on any atom is -0.493 e. The second kappa shape index (κ2) is 10.8. The van der Waals surface area contributed by atoms with Gasteiger partial charge in [0.05, 0.1) is 12.2 Å². The van der Waals surface area contributed by atoms with E-state index in [1.165, 1.54) is 18.3 Å². The molecule has 3 aromatic rings. The van der Waals surface area contributed by atoms with Crippen molar-refractivity contribution in [1.29, 1.82) is 5.26 Å². The van der Waals surface area contributed by atoms with Gasteiger partial charge in [0.2, 0.25) is 0 Å². The van der Waals surface area contributed by atoms with Crippen LogP contribution in [0.2, 0.25) is 0 Å². The fourth-order valence-corrected chi connectivity index (χ4v) is 3.76. The van der Waals surface area contributed by atoms with Crippen LogP contribution in [0.5, 0.6) is 5.75 Å². The first-order valence-electron chi connectivity index (χ1n) is 10.1. The Kier molecular flexibility index (Phi) is 7.85. The molecular weight excluding hydrogens is 451 g/mol. The number of carbonyl (C=O) groups is 1. The molecule has 170 valence electrons. The van der Waals surface area contributed by atoms with Crippen molar-refractivity contribution in [1.82, 2.24) is 4.98 Å². The Labute approximate surface area is 193 Å². The zero-order valence-corrected chi connectivity index (χ0v) is 18.5. The molecule has 2 aromatic carbocycles. The van der Waals surface area contributed by atoms with Crippen LogP contribution in [-0.2, 0) is 17.4 Å². The number of para-hydroxylation sites is 1. The molecule has 0 spiro atoms. The van der Waals surface area contributed by atoms with Crippen LogP contribution in [0.15, 0.2) is 60.3 Å². The number of halogens is 3. The van der Waals surface area contributed by atoms with Crippen LogP contribution in [0.4, 0.5) is 18.3 Å². The molecule has 0 fully saturated rings. The molecule has 3 rings (SSSR count). The summed E-state index contributed by atoms with van der Waals surface area (Å²) in [5.41, 5.74) is 0.233. The number of anilines is 1. The van der Waals surface area contributed by atoms with Crippen molar-refractivity contribution < 1.29 is 22.7 Å². The van der Waals surface area contributed by atoms with E-state index in [1.807, 2.05) is 13.0 Å². The lowest BCUT2D eigenvalue weighted by Gasteiger charge is -2.08. The van der Waals surface area contributed by atoms with Crippen LogP contribution in [0.25, 0.3) is 6.08 Å². The van der Waals surface area contributed by atoms with Gasteiger partial charge in [-0.15, -0.1) is 11.3 Å². The maximum atomic E-state index is 12.9. The predicted molar refractivity (Wildman–Crippen MR) is 121 cm³/mol. The van der Waals surface area contributed by atoms with Crippen LogP contribution in [0.1, 0.15) is 34.9 Å². The summed E-state index contributed by atoms with van der Waals surface area (Å²) in [5.74, 6) is -0.0692. The largest absolute Gasteiger partial charge is 0.493 e. The van der Waals surface area contributed by atoms with Crippen molar-refractivity contribution in [2.24, 2.45) is 0 Å². The van der Waals surface area contributed by atoms with Crippen molar-refractivity contribution in [3.8, 4) is 11.8 Å². The highest BCUT2D eigenvalue weighted by Crippen LogP contribution is 2.31. The minimum atomic E-state index is -4.41. The molecule has 0 bridgehead atoms. The summed E-state index contributed by atoms with van der Waals surface area (Å²) in [4.78, 5) is 17.4. The van der Waals surface area contributed by atoms with Crippen molar-refractivity contribution in [2.75, 3.05) is 11.9 Å². The summed E-state index contributed by atoms with van der Waals surface area (Å²) in [5, 5.41) is 12.3. The maximum absolute atomic E-state index is 12.9. The Bertz CT molecular complexity index is 1200. The third-order valence-corrected chi connectivity index (χ3v) is 5.37. The molecule has 5 nitrogen and oxygen atoms in total. The number of benzene rings is 2. The van der Waals surface area contributed by atoms with Gasteiger partial charge in [-0.25, -0.2) is 4.98 Å². The quantitative estimate of drug-likeness (QED) is 0.319. The highest BCUT2D eigenvalue weighted by molar-refractivity contribution is 7.15. The summed E-state index contributed by atoms with van der Waals surface area (Å²) in [7, 11) is 0. The lowest BCUT2D eigenvalue weighted by atomic mass is 10.1. The zero-order chi connectivity index (χ0) is 23.8. The number of nitrogens with one attached hydrogen (secondary N) is 1.